The second-order valence-electron chi connectivity index (χ2n) is 3.99. The summed E-state index contributed by atoms with van der Waals surface area (Å²) in [5, 5.41) is 6.32. The minimum absolute atomic E-state index is 0.0684. The zero-order valence-electron chi connectivity index (χ0n) is 10.1. The number of hydrogen-bond donors (Lipinski definition) is 2. The number of rotatable bonds is 3. The summed E-state index contributed by atoms with van der Waals surface area (Å²) in [7, 11) is 0. The lowest BCUT2D eigenvalue weighted by molar-refractivity contribution is 0.685. The number of aryl methyl sites for hydroxylation is 1. The second kappa shape index (κ2) is 5.52. The number of aromatic nitrogens is 1. The molecular weight excluding hydrogens is 216 g/mol. The molecule has 17 heavy (non-hydrogen) atoms. The highest BCUT2D eigenvalue weighted by atomic mass is 16.1. The molecule has 0 unspecified atom stereocenters. The molecule has 0 amide bonds. The predicted octanol–water partition coefficient (Wildman–Crippen LogP) is 0.307. The van der Waals surface area contributed by atoms with E-state index in [-0.39, 0.29) is 5.56 Å². The molecule has 0 atom stereocenters. The van der Waals surface area contributed by atoms with Crippen molar-refractivity contribution < 1.29 is 0 Å². The maximum Gasteiger partial charge on any atom is 0.255 e. The minimum atomic E-state index is 0.0684. The first kappa shape index (κ1) is 11.7. The van der Waals surface area contributed by atoms with Crippen LogP contribution in [0.1, 0.15) is 18.9 Å². The van der Waals surface area contributed by atoms with Crippen molar-refractivity contribution in [3.05, 3.63) is 34.2 Å². The fourth-order valence-electron chi connectivity index (χ4n) is 1.80. The van der Waals surface area contributed by atoms with Crippen LogP contribution in [0.4, 0.5) is 0 Å². The van der Waals surface area contributed by atoms with Crippen LogP contribution in [0, 0.1) is 0 Å². The lowest BCUT2D eigenvalue weighted by atomic mass is 10.2. The Morgan fingerprint density at radius 1 is 1.59 bits per heavy atom. The fraction of sp³-hybridized carbons (Fsp3) is 0.500. The van der Waals surface area contributed by atoms with Crippen LogP contribution < -0.4 is 16.2 Å². The molecule has 0 radical (unpaired) electrons. The van der Waals surface area contributed by atoms with Gasteiger partial charge in [0.1, 0.15) is 0 Å². The van der Waals surface area contributed by atoms with E-state index >= 15 is 0 Å². The molecule has 1 aromatic rings. The first-order valence-corrected chi connectivity index (χ1v) is 6.02. The van der Waals surface area contributed by atoms with E-state index in [0.717, 1.165) is 31.0 Å². The molecule has 5 heteroatoms. The molecule has 0 aromatic carbocycles. The van der Waals surface area contributed by atoms with E-state index in [4.69, 9.17) is 0 Å². The Bertz CT molecular complexity index is 464. The van der Waals surface area contributed by atoms with Crippen molar-refractivity contribution in [2.45, 2.75) is 26.4 Å². The summed E-state index contributed by atoms with van der Waals surface area (Å²) in [6.45, 7) is 4.98. The first-order valence-electron chi connectivity index (χ1n) is 6.02. The van der Waals surface area contributed by atoms with Crippen LogP contribution in [0.25, 0.3) is 0 Å². The molecule has 2 rings (SSSR count). The molecule has 0 saturated heterocycles. The number of hydrogen-bond acceptors (Lipinski definition) is 4. The van der Waals surface area contributed by atoms with Crippen LogP contribution >= 0.6 is 0 Å². The molecular formula is C12H18N4O. The summed E-state index contributed by atoms with van der Waals surface area (Å²) >= 11 is 0. The van der Waals surface area contributed by atoms with Gasteiger partial charge in [-0.15, -0.1) is 0 Å². The molecule has 2 heterocycles. The topological polar surface area (TPSA) is 58.4 Å². The van der Waals surface area contributed by atoms with Crippen molar-refractivity contribution in [2.24, 2.45) is 4.99 Å². The smallest absolute Gasteiger partial charge is 0.255 e. The Morgan fingerprint density at radius 3 is 3.18 bits per heavy atom. The van der Waals surface area contributed by atoms with Gasteiger partial charge < -0.3 is 15.2 Å². The van der Waals surface area contributed by atoms with Gasteiger partial charge in [-0.3, -0.25) is 9.79 Å². The van der Waals surface area contributed by atoms with E-state index in [9.17, 15) is 4.79 Å². The van der Waals surface area contributed by atoms with Gasteiger partial charge in [-0.25, -0.2) is 0 Å². The third kappa shape index (κ3) is 2.87. The van der Waals surface area contributed by atoms with Gasteiger partial charge in [-0.1, -0.05) is 6.07 Å². The Labute approximate surface area is 101 Å². The van der Waals surface area contributed by atoms with E-state index in [1.807, 2.05) is 25.3 Å². The van der Waals surface area contributed by atoms with Crippen LogP contribution in [0.15, 0.2) is 28.1 Å². The van der Waals surface area contributed by atoms with Gasteiger partial charge in [0, 0.05) is 37.9 Å². The van der Waals surface area contributed by atoms with Gasteiger partial charge >= 0.3 is 0 Å². The van der Waals surface area contributed by atoms with E-state index < -0.39 is 0 Å². The molecule has 0 saturated carbocycles. The average Bonchev–Trinajstić information content (AvgIpc) is 2.39. The zero-order valence-corrected chi connectivity index (χ0v) is 10.1. The molecule has 2 N–H and O–H groups in total. The standard InChI is InChI=1S/C12H18N4O/c1-2-16-8-3-5-10(11(16)17)9-15-12-13-6-4-7-14-12/h3,5,8H,2,4,6-7,9H2,1H3,(H2,13,14,15). The van der Waals surface area contributed by atoms with Gasteiger partial charge in [0.2, 0.25) is 0 Å². The lowest BCUT2D eigenvalue weighted by Crippen LogP contribution is -2.41. The number of pyridine rings is 1. The maximum absolute atomic E-state index is 11.9. The Balaban J connectivity index is 2.04. The Kier molecular flexibility index (Phi) is 3.80. The number of nitrogens with one attached hydrogen (secondary N) is 2. The molecule has 0 fully saturated rings. The molecule has 1 aromatic heterocycles. The average molecular weight is 234 g/mol. The summed E-state index contributed by atoms with van der Waals surface area (Å²) in [5.41, 5.74) is 0.836. The van der Waals surface area contributed by atoms with Gasteiger partial charge in [0.05, 0.1) is 0 Å². The predicted molar refractivity (Wildman–Crippen MR) is 68.1 cm³/mol. The van der Waals surface area contributed by atoms with Crippen molar-refractivity contribution in [3.8, 4) is 0 Å². The first-order chi connectivity index (χ1) is 8.31. The lowest BCUT2D eigenvalue weighted by Gasteiger charge is -2.16. The molecule has 0 spiro atoms. The second-order valence-corrected chi connectivity index (χ2v) is 3.99. The van der Waals surface area contributed by atoms with Crippen molar-refractivity contribution in [2.75, 3.05) is 13.1 Å². The third-order valence-electron chi connectivity index (χ3n) is 2.78. The summed E-state index contributed by atoms with van der Waals surface area (Å²) < 4.78 is 1.70. The van der Waals surface area contributed by atoms with Crippen molar-refractivity contribution in [1.82, 2.24) is 15.2 Å². The number of aliphatic imine (C=N–C) groups is 1. The molecule has 92 valence electrons. The normalized spacial score (nSPS) is 15.0. The van der Waals surface area contributed by atoms with Gasteiger partial charge in [0.25, 0.3) is 5.56 Å². The third-order valence-corrected chi connectivity index (χ3v) is 2.78. The van der Waals surface area contributed by atoms with Crippen LogP contribution in [-0.4, -0.2) is 23.6 Å². The fourth-order valence-corrected chi connectivity index (χ4v) is 1.80. The van der Waals surface area contributed by atoms with Crippen LogP contribution in [0.5, 0.6) is 0 Å². The van der Waals surface area contributed by atoms with Crippen LogP contribution in [0.2, 0.25) is 0 Å². The molecule has 5 nitrogen and oxygen atoms in total. The maximum atomic E-state index is 11.9. The van der Waals surface area contributed by atoms with Gasteiger partial charge in [0.15, 0.2) is 5.96 Å². The summed E-state index contributed by atoms with van der Waals surface area (Å²) in [6.07, 6.45) is 2.88. The Hall–Kier alpha value is -1.78. The van der Waals surface area contributed by atoms with E-state index in [1.54, 1.807) is 4.57 Å². The summed E-state index contributed by atoms with van der Waals surface area (Å²) in [5.74, 6) is 0.794. The quantitative estimate of drug-likeness (QED) is 0.791. The van der Waals surface area contributed by atoms with Crippen molar-refractivity contribution in [1.29, 1.82) is 0 Å². The monoisotopic (exact) mass is 234 g/mol. The van der Waals surface area contributed by atoms with Crippen LogP contribution in [0.3, 0.4) is 0 Å². The highest BCUT2D eigenvalue weighted by molar-refractivity contribution is 5.80. The van der Waals surface area contributed by atoms with E-state index in [1.165, 1.54) is 0 Å². The molecule has 0 bridgehead atoms. The zero-order chi connectivity index (χ0) is 12.1. The van der Waals surface area contributed by atoms with E-state index in [2.05, 4.69) is 15.6 Å². The molecule has 1 aliphatic heterocycles. The number of guanidine groups is 1. The van der Waals surface area contributed by atoms with Gasteiger partial charge in [-0.2, -0.15) is 0 Å². The minimum Gasteiger partial charge on any atom is -0.356 e. The number of nitrogens with zero attached hydrogens (tertiary/aromatic N) is 2. The molecule has 1 aliphatic rings. The Morgan fingerprint density at radius 2 is 2.47 bits per heavy atom. The summed E-state index contributed by atoms with van der Waals surface area (Å²) in [4.78, 5) is 16.2. The SMILES string of the molecule is CCn1cccc(CNC2=NCCCN2)c1=O. The van der Waals surface area contributed by atoms with E-state index in [0.29, 0.717) is 13.1 Å². The summed E-state index contributed by atoms with van der Waals surface area (Å²) in [6, 6.07) is 3.75. The van der Waals surface area contributed by atoms with Gasteiger partial charge in [-0.05, 0) is 19.4 Å². The van der Waals surface area contributed by atoms with Crippen molar-refractivity contribution >= 4 is 5.96 Å². The largest absolute Gasteiger partial charge is 0.356 e. The van der Waals surface area contributed by atoms with Crippen LogP contribution in [-0.2, 0) is 13.1 Å². The highest BCUT2D eigenvalue weighted by Crippen LogP contribution is 1.93. The molecule has 0 aliphatic carbocycles. The highest BCUT2D eigenvalue weighted by Gasteiger charge is 2.05. The van der Waals surface area contributed by atoms with Crippen molar-refractivity contribution in [3.63, 3.8) is 0 Å².